The number of carbonyl (C=O) groups excluding carboxylic acids is 1. The SMILES string of the molecule is CCN(CCN1CCCCCC1)C(=O)c1cccnc1NC. The summed E-state index contributed by atoms with van der Waals surface area (Å²) in [7, 11) is 1.80. The summed E-state index contributed by atoms with van der Waals surface area (Å²) in [6.45, 7) is 6.85. The van der Waals surface area contributed by atoms with Gasteiger partial charge in [-0.3, -0.25) is 4.79 Å². The highest BCUT2D eigenvalue weighted by Gasteiger charge is 2.19. The van der Waals surface area contributed by atoms with E-state index in [-0.39, 0.29) is 5.91 Å². The molecule has 0 saturated carbocycles. The number of pyridine rings is 1. The number of likely N-dealkylation sites (tertiary alicyclic amines) is 1. The first-order valence-electron chi connectivity index (χ1n) is 8.40. The van der Waals surface area contributed by atoms with Gasteiger partial charge in [0.05, 0.1) is 5.56 Å². The van der Waals surface area contributed by atoms with Crippen molar-refractivity contribution < 1.29 is 4.79 Å². The molecule has 1 N–H and O–H groups in total. The highest BCUT2D eigenvalue weighted by molar-refractivity contribution is 5.98. The molecule has 22 heavy (non-hydrogen) atoms. The summed E-state index contributed by atoms with van der Waals surface area (Å²) in [5.41, 5.74) is 0.655. The standard InChI is InChI=1S/C17H28N4O/c1-3-21(14-13-20-11-6-4-5-7-12-20)17(22)15-9-8-10-19-16(15)18-2/h8-10H,3-7,11-14H2,1-2H3,(H,18,19). The molecule has 5 nitrogen and oxygen atoms in total. The number of likely N-dealkylation sites (N-methyl/N-ethyl adjacent to an activating group) is 1. The van der Waals surface area contributed by atoms with Gasteiger partial charge < -0.3 is 15.1 Å². The van der Waals surface area contributed by atoms with E-state index in [1.54, 1.807) is 13.2 Å². The van der Waals surface area contributed by atoms with Crippen LogP contribution in [0.2, 0.25) is 0 Å². The second-order valence-corrected chi connectivity index (χ2v) is 5.79. The maximum Gasteiger partial charge on any atom is 0.257 e. The van der Waals surface area contributed by atoms with Crippen LogP contribution in [0, 0.1) is 0 Å². The molecule has 1 aliphatic heterocycles. The lowest BCUT2D eigenvalue weighted by molar-refractivity contribution is 0.0746. The third-order valence-electron chi connectivity index (χ3n) is 4.33. The Morgan fingerprint density at radius 1 is 1.32 bits per heavy atom. The first kappa shape index (κ1) is 16.7. The second kappa shape index (κ2) is 8.73. The fourth-order valence-electron chi connectivity index (χ4n) is 2.97. The van der Waals surface area contributed by atoms with Crippen LogP contribution in [-0.4, -0.2) is 60.5 Å². The number of nitrogens with zero attached hydrogens (tertiary/aromatic N) is 3. The fourth-order valence-corrected chi connectivity index (χ4v) is 2.97. The lowest BCUT2D eigenvalue weighted by Gasteiger charge is -2.26. The molecule has 0 bridgehead atoms. The lowest BCUT2D eigenvalue weighted by atomic mass is 10.2. The smallest absolute Gasteiger partial charge is 0.257 e. The van der Waals surface area contributed by atoms with E-state index >= 15 is 0 Å². The van der Waals surface area contributed by atoms with Crippen molar-refractivity contribution in [1.29, 1.82) is 0 Å². The van der Waals surface area contributed by atoms with Crippen molar-refractivity contribution in [3.63, 3.8) is 0 Å². The molecule has 2 rings (SSSR count). The van der Waals surface area contributed by atoms with Crippen molar-refractivity contribution in [3.05, 3.63) is 23.9 Å². The molecule has 2 heterocycles. The van der Waals surface area contributed by atoms with Crippen LogP contribution in [-0.2, 0) is 0 Å². The quantitative estimate of drug-likeness (QED) is 0.877. The Bertz CT molecular complexity index is 469. The van der Waals surface area contributed by atoms with Crippen molar-refractivity contribution in [3.8, 4) is 0 Å². The van der Waals surface area contributed by atoms with Crippen LogP contribution in [0.4, 0.5) is 5.82 Å². The molecule has 0 unspecified atom stereocenters. The molecule has 1 aromatic heterocycles. The molecule has 1 saturated heterocycles. The Kier molecular flexibility index (Phi) is 6.65. The van der Waals surface area contributed by atoms with E-state index in [0.717, 1.165) is 19.6 Å². The minimum absolute atomic E-state index is 0.0646. The molecule has 0 aliphatic carbocycles. The Morgan fingerprint density at radius 2 is 2.05 bits per heavy atom. The molecular formula is C17H28N4O. The van der Waals surface area contributed by atoms with E-state index in [2.05, 4.69) is 15.2 Å². The van der Waals surface area contributed by atoms with Gasteiger partial charge in [0, 0.05) is 32.9 Å². The molecule has 1 aliphatic rings. The second-order valence-electron chi connectivity index (χ2n) is 5.79. The van der Waals surface area contributed by atoms with Gasteiger partial charge in [-0.05, 0) is 45.0 Å². The van der Waals surface area contributed by atoms with Crippen LogP contribution in [0.25, 0.3) is 0 Å². The van der Waals surface area contributed by atoms with Crippen molar-refractivity contribution >= 4 is 11.7 Å². The average molecular weight is 304 g/mol. The Morgan fingerprint density at radius 3 is 2.68 bits per heavy atom. The van der Waals surface area contributed by atoms with Gasteiger partial charge in [0.25, 0.3) is 5.91 Å². The van der Waals surface area contributed by atoms with Crippen LogP contribution < -0.4 is 5.32 Å². The van der Waals surface area contributed by atoms with Crippen LogP contribution in [0.3, 0.4) is 0 Å². The fraction of sp³-hybridized carbons (Fsp3) is 0.647. The van der Waals surface area contributed by atoms with Crippen LogP contribution >= 0.6 is 0 Å². The monoisotopic (exact) mass is 304 g/mol. The Hall–Kier alpha value is -1.62. The van der Waals surface area contributed by atoms with Gasteiger partial charge >= 0.3 is 0 Å². The topological polar surface area (TPSA) is 48.5 Å². The van der Waals surface area contributed by atoms with Crippen LogP contribution in [0.15, 0.2) is 18.3 Å². The number of hydrogen-bond acceptors (Lipinski definition) is 4. The number of amides is 1. The van der Waals surface area contributed by atoms with E-state index < -0.39 is 0 Å². The minimum Gasteiger partial charge on any atom is -0.372 e. The van der Waals surface area contributed by atoms with E-state index in [0.29, 0.717) is 11.4 Å². The van der Waals surface area contributed by atoms with Crippen molar-refractivity contribution in [2.75, 3.05) is 45.1 Å². The van der Waals surface area contributed by atoms with Gasteiger partial charge in [-0.15, -0.1) is 0 Å². The lowest BCUT2D eigenvalue weighted by Crippen LogP contribution is -2.39. The number of nitrogens with one attached hydrogen (secondary N) is 1. The summed E-state index contributed by atoms with van der Waals surface area (Å²) in [4.78, 5) is 21.4. The summed E-state index contributed by atoms with van der Waals surface area (Å²) in [5.74, 6) is 0.718. The molecule has 0 aromatic carbocycles. The zero-order chi connectivity index (χ0) is 15.8. The molecule has 0 spiro atoms. The van der Waals surface area contributed by atoms with Gasteiger partial charge in [0.2, 0.25) is 0 Å². The normalized spacial score (nSPS) is 16.1. The van der Waals surface area contributed by atoms with E-state index in [1.165, 1.54) is 38.8 Å². The first-order chi connectivity index (χ1) is 10.8. The number of aromatic nitrogens is 1. The van der Waals surface area contributed by atoms with E-state index in [9.17, 15) is 4.79 Å². The Balaban J connectivity index is 1.96. The third-order valence-corrected chi connectivity index (χ3v) is 4.33. The Labute approximate surface area is 133 Å². The van der Waals surface area contributed by atoms with Crippen molar-refractivity contribution in [2.45, 2.75) is 32.6 Å². The summed E-state index contributed by atoms with van der Waals surface area (Å²) < 4.78 is 0. The summed E-state index contributed by atoms with van der Waals surface area (Å²) in [6.07, 6.45) is 6.96. The molecule has 0 atom stereocenters. The number of hydrogen-bond donors (Lipinski definition) is 1. The predicted octanol–water partition coefficient (Wildman–Crippen LogP) is 2.46. The maximum atomic E-state index is 12.7. The van der Waals surface area contributed by atoms with Crippen LogP contribution in [0.1, 0.15) is 43.0 Å². The van der Waals surface area contributed by atoms with Gasteiger partial charge in [-0.25, -0.2) is 4.98 Å². The largest absolute Gasteiger partial charge is 0.372 e. The summed E-state index contributed by atoms with van der Waals surface area (Å²) >= 11 is 0. The molecule has 1 aromatic rings. The molecular weight excluding hydrogens is 276 g/mol. The highest BCUT2D eigenvalue weighted by atomic mass is 16.2. The summed E-state index contributed by atoms with van der Waals surface area (Å²) in [6, 6.07) is 3.66. The summed E-state index contributed by atoms with van der Waals surface area (Å²) in [5, 5.41) is 3.00. The maximum absolute atomic E-state index is 12.7. The van der Waals surface area contributed by atoms with Crippen molar-refractivity contribution in [2.24, 2.45) is 0 Å². The third kappa shape index (κ3) is 4.44. The van der Waals surface area contributed by atoms with Gasteiger partial charge in [0.15, 0.2) is 0 Å². The van der Waals surface area contributed by atoms with Crippen molar-refractivity contribution in [1.82, 2.24) is 14.8 Å². The predicted molar refractivity (Wildman–Crippen MR) is 90.3 cm³/mol. The zero-order valence-corrected chi connectivity index (χ0v) is 13.8. The van der Waals surface area contributed by atoms with Gasteiger partial charge in [0.1, 0.15) is 5.82 Å². The molecule has 1 amide bonds. The first-order valence-corrected chi connectivity index (χ1v) is 8.40. The number of rotatable bonds is 6. The molecule has 1 fully saturated rings. The number of carbonyl (C=O) groups is 1. The van der Waals surface area contributed by atoms with Gasteiger partial charge in [-0.2, -0.15) is 0 Å². The van der Waals surface area contributed by atoms with E-state index in [4.69, 9.17) is 0 Å². The number of anilines is 1. The van der Waals surface area contributed by atoms with Crippen LogP contribution in [0.5, 0.6) is 0 Å². The molecule has 0 radical (unpaired) electrons. The zero-order valence-electron chi connectivity index (χ0n) is 13.8. The minimum atomic E-state index is 0.0646. The van der Waals surface area contributed by atoms with Gasteiger partial charge in [-0.1, -0.05) is 12.8 Å². The molecule has 122 valence electrons. The highest BCUT2D eigenvalue weighted by Crippen LogP contribution is 2.14. The average Bonchev–Trinajstić information content (AvgIpc) is 2.84. The molecule has 5 heteroatoms. The van der Waals surface area contributed by atoms with E-state index in [1.807, 2.05) is 24.0 Å².